The standard InChI is InChI=1S/C17H18FN3/c1-4-21-16-6-5-12(18)8-15(16)20-17(21)14-9-13(19)7-10(2)11(14)3/h5-9H,4,19H2,1-3H3. The Balaban J connectivity index is 2.35. The van der Waals surface area contributed by atoms with Gasteiger partial charge in [-0.15, -0.1) is 0 Å². The van der Waals surface area contributed by atoms with Crippen molar-refractivity contribution in [1.29, 1.82) is 0 Å². The number of aromatic nitrogens is 2. The number of hydrogen-bond acceptors (Lipinski definition) is 2. The molecule has 0 saturated carbocycles. The molecule has 4 heteroatoms. The molecule has 1 aromatic heterocycles. The summed E-state index contributed by atoms with van der Waals surface area (Å²) < 4.78 is 15.5. The van der Waals surface area contributed by atoms with E-state index in [4.69, 9.17) is 5.73 Å². The lowest BCUT2D eigenvalue weighted by Crippen LogP contribution is -2.01. The molecular formula is C17H18FN3. The number of nitrogens with zero attached hydrogens (tertiary/aromatic N) is 2. The minimum absolute atomic E-state index is 0.268. The van der Waals surface area contributed by atoms with E-state index in [0.29, 0.717) is 11.2 Å². The number of nitrogens with two attached hydrogens (primary N) is 1. The first-order valence-corrected chi connectivity index (χ1v) is 7.04. The quantitative estimate of drug-likeness (QED) is 0.721. The van der Waals surface area contributed by atoms with Gasteiger partial charge in [0.2, 0.25) is 0 Å². The molecule has 0 aliphatic rings. The predicted molar refractivity (Wildman–Crippen MR) is 84.7 cm³/mol. The zero-order valence-corrected chi connectivity index (χ0v) is 12.4. The Kier molecular flexibility index (Phi) is 3.16. The number of rotatable bonds is 2. The Labute approximate surface area is 123 Å². The molecule has 0 radical (unpaired) electrons. The molecule has 1 heterocycles. The molecule has 0 fully saturated rings. The third-order valence-corrected chi connectivity index (χ3v) is 3.96. The number of anilines is 1. The van der Waals surface area contributed by atoms with Crippen LogP contribution < -0.4 is 5.73 Å². The zero-order valence-electron chi connectivity index (χ0n) is 12.4. The Morgan fingerprint density at radius 3 is 2.67 bits per heavy atom. The van der Waals surface area contributed by atoms with Gasteiger partial charge in [0, 0.05) is 23.9 Å². The van der Waals surface area contributed by atoms with E-state index >= 15 is 0 Å². The summed E-state index contributed by atoms with van der Waals surface area (Å²) in [5.41, 5.74) is 11.6. The molecule has 21 heavy (non-hydrogen) atoms. The monoisotopic (exact) mass is 283 g/mol. The van der Waals surface area contributed by atoms with Crippen LogP contribution in [0, 0.1) is 19.7 Å². The van der Waals surface area contributed by atoms with Crippen LogP contribution in [0.3, 0.4) is 0 Å². The van der Waals surface area contributed by atoms with Crippen LogP contribution in [0.4, 0.5) is 10.1 Å². The summed E-state index contributed by atoms with van der Waals surface area (Å²) >= 11 is 0. The maximum absolute atomic E-state index is 13.4. The normalized spacial score (nSPS) is 11.2. The fourth-order valence-electron chi connectivity index (χ4n) is 2.75. The molecule has 108 valence electrons. The van der Waals surface area contributed by atoms with Gasteiger partial charge in [-0.25, -0.2) is 9.37 Å². The van der Waals surface area contributed by atoms with Crippen molar-refractivity contribution in [2.45, 2.75) is 27.3 Å². The molecule has 3 aromatic rings. The van der Waals surface area contributed by atoms with Crippen molar-refractivity contribution in [1.82, 2.24) is 9.55 Å². The smallest absolute Gasteiger partial charge is 0.141 e. The number of nitrogen functional groups attached to an aromatic ring is 1. The molecule has 0 saturated heterocycles. The average molecular weight is 283 g/mol. The van der Waals surface area contributed by atoms with Crippen LogP contribution in [0.25, 0.3) is 22.4 Å². The van der Waals surface area contributed by atoms with Crippen LogP contribution in [-0.4, -0.2) is 9.55 Å². The van der Waals surface area contributed by atoms with Gasteiger partial charge in [-0.1, -0.05) is 0 Å². The first-order valence-electron chi connectivity index (χ1n) is 7.04. The molecule has 0 amide bonds. The Morgan fingerprint density at radius 1 is 1.19 bits per heavy atom. The Bertz CT molecular complexity index is 834. The minimum atomic E-state index is -0.268. The van der Waals surface area contributed by atoms with Crippen molar-refractivity contribution < 1.29 is 4.39 Å². The highest BCUT2D eigenvalue weighted by Gasteiger charge is 2.15. The van der Waals surface area contributed by atoms with E-state index < -0.39 is 0 Å². The van der Waals surface area contributed by atoms with Gasteiger partial charge >= 0.3 is 0 Å². The molecule has 0 atom stereocenters. The van der Waals surface area contributed by atoms with Crippen LogP contribution in [0.5, 0.6) is 0 Å². The van der Waals surface area contributed by atoms with Crippen LogP contribution in [0.2, 0.25) is 0 Å². The summed E-state index contributed by atoms with van der Waals surface area (Å²) in [4.78, 5) is 4.63. The number of benzene rings is 2. The SMILES string of the molecule is CCn1c(-c2cc(N)cc(C)c2C)nc2cc(F)ccc21. The van der Waals surface area contributed by atoms with E-state index in [1.165, 1.54) is 12.1 Å². The van der Waals surface area contributed by atoms with Crippen molar-refractivity contribution in [3.63, 3.8) is 0 Å². The Hall–Kier alpha value is -2.36. The minimum Gasteiger partial charge on any atom is -0.399 e. The fraction of sp³-hybridized carbons (Fsp3) is 0.235. The predicted octanol–water partition coefficient (Wildman–Crippen LogP) is 4.06. The number of hydrogen-bond donors (Lipinski definition) is 1. The topological polar surface area (TPSA) is 43.8 Å². The Morgan fingerprint density at radius 2 is 1.95 bits per heavy atom. The fourth-order valence-corrected chi connectivity index (χ4v) is 2.75. The largest absolute Gasteiger partial charge is 0.399 e. The van der Waals surface area contributed by atoms with Gasteiger partial charge in [-0.05, 0) is 56.2 Å². The van der Waals surface area contributed by atoms with Gasteiger partial charge in [-0.2, -0.15) is 0 Å². The first kappa shape index (κ1) is 13.6. The summed E-state index contributed by atoms with van der Waals surface area (Å²) in [6.45, 7) is 6.92. The molecule has 0 spiro atoms. The highest BCUT2D eigenvalue weighted by Crippen LogP contribution is 2.30. The molecule has 2 aromatic carbocycles. The third-order valence-electron chi connectivity index (χ3n) is 3.96. The highest BCUT2D eigenvalue weighted by atomic mass is 19.1. The summed E-state index contributed by atoms with van der Waals surface area (Å²) in [5, 5.41) is 0. The van der Waals surface area contributed by atoms with Crippen LogP contribution in [0.1, 0.15) is 18.1 Å². The van der Waals surface area contributed by atoms with Gasteiger partial charge in [0.15, 0.2) is 0 Å². The lowest BCUT2D eigenvalue weighted by molar-refractivity contribution is 0.629. The van der Waals surface area contributed by atoms with Gasteiger partial charge in [0.25, 0.3) is 0 Å². The van der Waals surface area contributed by atoms with Gasteiger partial charge in [0.05, 0.1) is 11.0 Å². The summed E-state index contributed by atoms with van der Waals surface area (Å²) in [7, 11) is 0. The summed E-state index contributed by atoms with van der Waals surface area (Å²) in [6.07, 6.45) is 0. The van der Waals surface area contributed by atoms with Crippen molar-refractivity contribution >= 4 is 16.7 Å². The molecule has 3 nitrogen and oxygen atoms in total. The third kappa shape index (κ3) is 2.17. The van der Waals surface area contributed by atoms with Crippen molar-refractivity contribution in [2.75, 3.05) is 5.73 Å². The van der Waals surface area contributed by atoms with E-state index in [1.54, 1.807) is 6.07 Å². The van der Waals surface area contributed by atoms with Crippen molar-refractivity contribution in [3.8, 4) is 11.4 Å². The second-order valence-corrected chi connectivity index (χ2v) is 5.32. The van der Waals surface area contributed by atoms with E-state index in [1.807, 2.05) is 19.1 Å². The van der Waals surface area contributed by atoms with E-state index in [0.717, 1.165) is 34.6 Å². The number of fused-ring (bicyclic) bond motifs is 1. The second-order valence-electron chi connectivity index (χ2n) is 5.32. The lowest BCUT2D eigenvalue weighted by atomic mass is 10.0. The van der Waals surface area contributed by atoms with Gasteiger partial charge in [0.1, 0.15) is 11.6 Å². The van der Waals surface area contributed by atoms with E-state index in [9.17, 15) is 4.39 Å². The van der Waals surface area contributed by atoms with Gasteiger partial charge in [-0.3, -0.25) is 0 Å². The van der Waals surface area contributed by atoms with Gasteiger partial charge < -0.3 is 10.3 Å². The molecule has 0 aliphatic carbocycles. The number of aryl methyl sites for hydroxylation is 2. The lowest BCUT2D eigenvalue weighted by Gasteiger charge is -2.12. The van der Waals surface area contributed by atoms with E-state index in [-0.39, 0.29) is 5.82 Å². The molecule has 0 unspecified atom stereocenters. The summed E-state index contributed by atoms with van der Waals surface area (Å²) in [5.74, 6) is 0.571. The first-order chi connectivity index (χ1) is 10.0. The molecular weight excluding hydrogens is 265 g/mol. The molecule has 0 aliphatic heterocycles. The van der Waals surface area contributed by atoms with E-state index in [2.05, 4.69) is 23.4 Å². The highest BCUT2D eigenvalue weighted by molar-refractivity contribution is 5.82. The van der Waals surface area contributed by atoms with Crippen LogP contribution >= 0.6 is 0 Å². The van der Waals surface area contributed by atoms with Crippen LogP contribution in [-0.2, 0) is 6.54 Å². The van der Waals surface area contributed by atoms with Crippen molar-refractivity contribution in [2.24, 2.45) is 0 Å². The molecule has 2 N–H and O–H groups in total. The van der Waals surface area contributed by atoms with Crippen LogP contribution in [0.15, 0.2) is 30.3 Å². The second kappa shape index (κ2) is 4.88. The molecule has 0 bridgehead atoms. The zero-order chi connectivity index (χ0) is 15.1. The molecule has 3 rings (SSSR count). The maximum atomic E-state index is 13.4. The number of imidazole rings is 1. The van der Waals surface area contributed by atoms with Crippen molar-refractivity contribution in [3.05, 3.63) is 47.3 Å². The summed E-state index contributed by atoms with van der Waals surface area (Å²) in [6, 6.07) is 8.61. The maximum Gasteiger partial charge on any atom is 0.141 e. The average Bonchev–Trinajstić information content (AvgIpc) is 2.79. The number of halogens is 1.